The van der Waals surface area contributed by atoms with Crippen LogP contribution in [0.4, 0.5) is 0 Å². The van der Waals surface area contributed by atoms with Gasteiger partial charge in [-0.05, 0) is 25.5 Å². The third-order valence-electron chi connectivity index (χ3n) is 3.87. The number of carbonyl (C=O) groups excluding carboxylic acids is 1. The highest BCUT2D eigenvalue weighted by Gasteiger charge is 2.29. The van der Waals surface area contributed by atoms with E-state index in [9.17, 15) is 4.79 Å². The molecular formula is C15H19N5O2. The normalized spacial score (nSPS) is 21.8. The quantitative estimate of drug-likeness (QED) is 0.854. The molecule has 2 atom stereocenters. The van der Waals surface area contributed by atoms with Gasteiger partial charge in [-0.3, -0.25) is 4.79 Å². The van der Waals surface area contributed by atoms with Gasteiger partial charge in [-0.2, -0.15) is 5.10 Å². The monoisotopic (exact) mass is 301 g/mol. The van der Waals surface area contributed by atoms with Crippen LogP contribution in [0.2, 0.25) is 0 Å². The van der Waals surface area contributed by atoms with Crippen molar-refractivity contribution in [1.82, 2.24) is 24.6 Å². The Hall–Kier alpha value is -2.28. The minimum absolute atomic E-state index is 0.00184. The Labute approximate surface area is 128 Å². The minimum Gasteiger partial charge on any atom is -0.374 e. The van der Waals surface area contributed by atoms with Gasteiger partial charge < -0.3 is 9.64 Å². The first-order valence-electron chi connectivity index (χ1n) is 7.42. The summed E-state index contributed by atoms with van der Waals surface area (Å²) in [6, 6.07) is 3.53. The summed E-state index contributed by atoms with van der Waals surface area (Å²) in [5, 5.41) is 4.04. The molecule has 1 amide bonds. The van der Waals surface area contributed by atoms with Crippen molar-refractivity contribution >= 4 is 5.91 Å². The van der Waals surface area contributed by atoms with E-state index in [2.05, 4.69) is 22.0 Å². The summed E-state index contributed by atoms with van der Waals surface area (Å²) in [6.07, 6.45) is 5.62. The molecule has 0 aromatic carbocycles. The number of hydrogen-bond donors (Lipinski definition) is 0. The molecule has 0 spiro atoms. The molecule has 3 rings (SSSR count). The minimum atomic E-state index is -0.00184. The van der Waals surface area contributed by atoms with E-state index in [1.165, 1.54) is 11.0 Å². The Morgan fingerprint density at radius 2 is 2.36 bits per heavy atom. The molecule has 0 saturated carbocycles. The number of ether oxygens (including phenoxy) is 1. The van der Waals surface area contributed by atoms with Gasteiger partial charge in [-0.25, -0.2) is 14.6 Å². The van der Waals surface area contributed by atoms with Crippen molar-refractivity contribution in [2.24, 2.45) is 0 Å². The van der Waals surface area contributed by atoms with E-state index in [1.807, 2.05) is 11.8 Å². The van der Waals surface area contributed by atoms with Crippen molar-refractivity contribution in [3.8, 4) is 5.82 Å². The van der Waals surface area contributed by atoms with Crippen molar-refractivity contribution in [2.45, 2.75) is 32.4 Å². The maximum atomic E-state index is 12.8. The first kappa shape index (κ1) is 14.6. The van der Waals surface area contributed by atoms with Gasteiger partial charge in [0.1, 0.15) is 12.7 Å². The summed E-state index contributed by atoms with van der Waals surface area (Å²) in [6.45, 7) is 5.27. The SMILES string of the molecule is CCC1CN(C(=O)c2ccnc(-n3cncn3)c2)C(C)CO1. The third kappa shape index (κ3) is 2.85. The van der Waals surface area contributed by atoms with Gasteiger partial charge in [-0.15, -0.1) is 0 Å². The highest BCUT2D eigenvalue weighted by atomic mass is 16.5. The molecule has 0 aliphatic carbocycles. The van der Waals surface area contributed by atoms with Crippen molar-refractivity contribution < 1.29 is 9.53 Å². The van der Waals surface area contributed by atoms with Crippen molar-refractivity contribution in [1.29, 1.82) is 0 Å². The predicted octanol–water partition coefficient (Wildman–Crippen LogP) is 1.30. The third-order valence-corrected chi connectivity index (χ3v) is 3.87. The second kappa shape index (κ2) is 6.23. The molecule has 0 bridgehead atoms. The number of rotatable bonds is 3. The lowest BCUT2D eigenvalue weighted by atomic mass is 10.1. The molecule has 7 nitrogen and oxygen atoms in total. The summed E-state index contributed by atoms with van der Waals surface area (Å²) >= 11 is 0. The van der Waals surface area contributed by atoms with Crippen molar-refractivity contribution in [2.75, 3.05) is 13.2 Å². The maximum absolute atomic E-state index is 12.8. The summed E-state index contributed by atoms with van der Waals surface area (Å²) in [7, 11) is 0. The molecule has 2 aromatic heterocycles. The van der Waals surface area contributed by atoms with E-state index in [-0.39, 0.29) is 18.1 Å². The zero-order valence-corrected chi connectivity index (χ0v) is 12.7. The first-order valence-corrected chi connectivity index (χ1v) is 7.42. The van der Waals surface area contributed by atoms with Crippen LogP contribution in [0.25, 0.3) is 5.82 Å². The van der Waals surface area contributed by atoms with Crippen LogP contribution in [-0.4, -0.2) is 55.9 Å². The van der Waals surface area contributed by atoms with Crippen LogP contribution >= 0.6 is 0 Å². The average molecular weight is 301 g/mol. The fourth-order valence-corrected chi connectivity index (χ4v) is 2.52. The number of hydrogen-bond acceptors (Lipinski definition) is 5. The number of morpholine rings is 1. The second-order valence-electron chi connectivity index (χ2n) is 5.41. The summed E-state index contributed by atoms with van der Waals surface area (Å²) in [4.78, 5) is 22.8. The second-order valence-corrected chi connectivity index (χ2v) is 5.41. The Balaban J connectivity index is 1.84. The smallest absolute Gasteiger partial charge is 0.254 e. The molecule has 3 heterocycles. The summed E-state index contributed by atoms with van der Waals surface area (Å²) in [5.41, 5.74) is 0.601. The van der Waals surface area contributed by atoms with Gasteiger partial charge in [0, 0.05) is 18.3 Å². The molecule has 22 heavy (non-hydrogen) atoms. The van der Waals surface area contributed by atoms with Crippen LogP contribution in [-0.2, 0) is 4.74 Å². The Kier molecular flexibility index (Phi) is 4.15. The lowest BCUT2D eigenvalue weighted by Crippen LogP contribution is -2.50. The number of carbonyl (C=O) groups is 1. The number of amides is 1. The zero-order valence-electron chi connectivity index (χ0n) is 12.7. The van der Waals surface area contributed by atoms with E-state index in [1.54, 1.807) is 24.7 Å². The topological polar surface area (TPSA) is 73.1 Å². The van der Waals surface area contributed by atoms with Crippen LogP contribution in [0, 0.1) is 0 Å². The molecule has 1 aliphatic heterocycles. The Bertz CT molecular complexity index is 643. The molecule has 1 fully saturated rings. The van der Waals surface area contributed by atoms with Gasteiger partial charge in [0.05, 0.1) is 18.8 Å². The van der Waals surface area contributed by atoms with Gasteiger partial charge in [-0.1, -0.05) is 6.92 Å². The van der Waals surface area contributed by atoms with E-state index in [4.69, 9.17) is 4.74 Å². The van der Waals surface area contributed by atoms with Crippen molar-refractivity contribution in [3.63, 3.8) is 0 Å². The zero-order chi connectivity index (χ0) is 15.5. The van der Waals surface area contributed by atoms with E-state index in [0.29, 0.717) is 24.5 Å². The fourth-order valence-electron chi connectivity index (χ4n) is 2.52. The summed E-state index contributed by atoms with van der Waals surface area (Å²) in [5.74, 6) is 0.578. The molecule has 2 unspecified atom stereocenters. The van der Waals surface area contributed by atoms with Crippen LogP contribution < -0.4 is 0 Å². The Morgan fingerprint density at radius 3 is 3.09 bits per heavy atom. The largest absolute Gasteiger partial charge is 0.374 e. The molecule has 2 aromatic rings. The molecule has 7 heteroatoms. The van der Waals surface area contributed by atoms with Crippen molar-refractivity contribution in [3.05, 3.63) is 36.5 Å². The predicted molar refractivity (Wildman–Crippen MR) is 79.7 cm³/mol. The van der Waals surface area contributed by atoms with Gasteiger partial charge >= 0.3 is 0 Å². The summed E-state index contributed by atoms with van der Waals surface area (Å²) < 4.78 is 7.25. The lowest BCUT2D eigenvalue weighted by Gasteiger charge is -2.37. The van der Waals surface area contributed by atoms with Crippen LogP contribution in [0.3, 0.4) is 0 Å². The lowest BCUT2D eigenvalue weighted by molar-refractivity contribution is -0.0480. The first-order chi connectivity index (χ1) is 10.7. The molecular weight excluding hydrogens is 282 g/mol. The average Bonchev–Trinajstić information content (AvgIpc) is 3.09. The highest BCUT2D eigenvalue weighted by molar-refractivity contribution is 5.94. The van der Waals surface area contributed by atoms with E-state index < -0.39 is 0 Å². The molecule has 1 saturated heterocycles. The van der Waals surface area contributed by atoms with Crippen LogP contribution in [0.15, 0.2) is 31.0 Å². The number of nitrogens with zero attached hydrogens (tertiary/aromatic N) is 5. The number of pyridine rings is 1. The van der Waals surface area contributed by atoms with Gasteiger partial charge in [0.15, 0.2) is 5.82 Å². The molecule has 116 valence electrons. The number of aromatic nitrogens is 4. The standard InChI is InChI=1S/C15H19N5O2/c1-3-13-7-19(11(2)8-22-13)15(21)12-4-5-17-14(6-12)20-10-16-9-18-20/h4-6,9-11,13H,3,7-8H2,1-2H3. The fraction of sp³-hybridized carbons (Fsp3) is 0.467. The highest BCUT2D eigenvalue weighted by Crippen LogP contribution is 2.18. The van der Waals surface area contributed by atoms with Crippen LogP contribution in [0.5, 0.6) is 0 Å². The van der Waals surface area contributed by atoms with Gasteiger partial charge in [0.25, 0.3) is 5.91 Å². The molecule has 1 aliphatic rings. The van der Waals surface area contributed by atoms with E-state index in [0.717, 1.165) is 6.42 Å². The maximum Gasteiger partial charge on any atom is 0.254 e. The molecule has 0 radical (unpaired) electrons. The van der Waals surface area contributed by atoms with Crippen LogP contribution in [0.1, 0.15) is 30.6 Å². The molecule has 0 N–H and O–H groups in total. The van der Waals surface area contributed by atoms with Gasteiger partial charge in [0.2, 0.25) is 0 Å². The Morgan fingerprint density at radius 1 is 1.50 bits per heavy atom. The van der Waals surface area contributed by atoms with E-state index >= 15 is 0 Å².